The van der Waals surface area contributed by atoms with Crippen molar-refractivity contribution in [2.75, 3.05) is 25.1 Å². The number of dihydropyridines is 1. The number of hydrogen-bond acceptors (Lipinski definition) is 5. The second-order valence-corrected chi connectivity index (χ2v) is 8.56. The fraction of sp³-hybridized carbons (Fsp3) is 0.296. The van der Waals surface area contributed by atoms with Crippen LogP contribution in [0, 0.1) is 0 Å². The molecule has 32 heavy (non-hydrogen) atoms. The Labute approximate surface area is 189 Å². The molecule has 5 nitrogen and oxygen atoms in total. The van der Waals surface area contributed by atoms with Crippen LogP contribution < -0.4 is 10.2 Å². The lowest BCUT2D eigenvalue weighted by Crippen LogP contribution is -2.45. The summed E-state index contributed by atoms with van der Waals surface area (Å²) >= 11 is 0. The normalized spacial score (nSPS) is 25.0. The van der Waals surface area contributed by atoms with Gasteiger partial charge in [-0.1, -0.05) is 48.6 Å². The van der Waals surface area contributed by atoms with Gasteiger partial charge in [0.05, 0.1) is 25.4 Å². The third kappa shape index (κ3) is 3.84. The molecule has 1 fully saturated rings. The van der Waals surface area contributed by atoms with Gasteiger partial charge in [-0.15, -0.1) is 0 Å². The van der Waals surface area contributed by atoms with Gasteiger partial charge in [-0.25, -0.2) is 4.98 Å². The molecule has 3 aliphatic rings. The summed E-state index contributed by atoms with van der Waals surface area (Å²) in [5, 5.41) is 3.60. The Morgan fingerprint density at radius 2 is 1.81 bits per heavy atom. The summed E-state index contributed by atoms with van der Waals surface area (Å²) in [6, 6.07) is 14.8. The van der Waals surface area contributed by atoms with Crippen molar-refractivity contribution in [3.05, 3.63) is 95.5 Å². The van der Waals surface area contributed by atoms with E-state index in [2.05, 4.69) is 84.9 Å². The van der Waals surface area contributed by atoms with Gasteiger partial charge < -0.3 is 19.7 Å². The molecule has 2 aliphatic heterocycles. The summed E-state index contributed by atoms with van der Waals surface area (Å²) in [6.45, 7) is 5.93. The monoisotopic (exact) mass is 427 g/mol. The topological polar surface area (TPSA) is 46.6 Å². The number of fused-ring (bicyclic) bond motifs is 1. The lowest BCUT2D eigenvalue weighted by atomic mass is 9.84. The van der Waals surface area contributed by atoms with Crippen molar-refractivity contribution in [1.82, 2.24) is 10.3 Å². The molecule has 164 valence electrons. The fourth-order valence-corrected chi connectivity index (χ4v) is 4.82. The highest BCUT2D eigenvalue weighted by Crippen LogP contribution is 2.37. The van der Waals surface area contributed by atoms with Crippen LogP contribution in [0.4, 0.5) is 5.82 Å². The molecule has 3 unspecified atom stereocenters. The summed E-state index contributed by atoms with van der Waals surface area (Å²) in [6.07, 6.45) is 10.8. The summed E-state index contributed by atoms with van der Waals surface area (Å²) in [4.78, 5) is 7.07. The molecule has 2 aromatic rings. The van der Waals surface area contributed by atoms with Gasteiger partial charge in [0.1, 0.15) is 11.6 Å². The van der Waals surface area contributed by atoms with E-state index in [-0.39, 0.29) is 18.2 Å². The lowest BCUT2D eigenvalue weighted by Gasteiger charge is -2.36. The lowest BCUT2D eigenvalue weighted by molar-refractivity contribution is -0.00545. The van der Waals surface area contributed by atoms with Gasteiger partial charge in [-0.3, -0.25) is 0 Å². The first kappa shape index (κ1) is 20.6. The van der Waals surface area contributed by atoms with Crippen molar-refractivity contribution in [2.24, 2.45) is 0 Å². The SMILES string of the molecule is COC1=C2C=CC=C(c3ccccc3)C2NC=C1c1ccc(N2CC(C)OC(C)C2)nc1. The van der Waals surface area contributed by atoms with E-state index >= 15 is 0 Å². The minimum Gasteiger partial charge on any atom is -0.496 e. The van der Waals surface area contributed by atoms with Crippen molar-refractivity contribution in [3.63, 3.8) is 0 Å². The first-order valence-corrected chi connectivity index (χ1v) is 11.2. The van der Waals surface area contributed by atoms with Gasteiger partial charge in [0, 0.05) is 42.2 Å². The largest absolute Gasteiger partial charge is 0.496 e. The molecular formula is C27H29N3O2. The summed E-state index contributed by atoms with van der Waals surface area (Å²) in [5.74, 6) is 1.87. The molecule has 3 atom stereocenters. The average molecular weight is 428 g/mol. The molecule has 1 aromatic carbocycles. The van der Waals surface area contributed by atoms with Gasteiger partial charge in [0.15, 0.2) is 0 Å². The number of pyridine rings is 1. The van der Waals surface area contributed by atoms with Crippen LogP contribution >= 0.6 is 0 Å². The Balaban J connectivity index is 1.42. The summed E-state index contributed by atoms with van der Waals surface area (Å²) in [5.41, 5.74) is 5.62. The predicted molar refractivity (Wildman–Crippen MR) is 129 cm³/mol. The number of benzene rings is 1. The quantitative estimate of drug-likeness (QED) is 0.775. The maximum Gasteiger partial charge on any atom is 0.133 e. The van der Waals surface area contributed by atoms with Crippen LogP contribution in [0.15, 0.2) is 84.4 Å². The van der Waals surface area contributed by atoms with Gasteiger partial charge >= 0.3 is 0 Å². The van der Waals surface area contributed by atoms with Crippen molar-refractivity contribution < 1.29 is 9.47 Å². The van der Waals surface area contributed by atoms with Gasteiger partial charge in [-0.2, -0.15) is 0 Å². The first-order chi connectivity index (χ1) is 15.6. The Morgan fingerprint density at radius 1 is 1.03 bits per heavy atom. The molecule has 0 amide bonds. The molecule has 3 heterocycles. The van der Waals surface area contributed by atoms with Crippen molar-refractivity contribution in [3.8, 4) is 0 Å². The Hall–Kier alpha value is -3.31. The number of nitrogens with zero attached hydrogens (tertiary/aromatic N) is 2. The highest BCUT2D eigenvalue weighted by molar-refractivity contribution is 5.85. The van der Waals surface area contributed by atoms with E-state index in [0.717, 1.165) is 41.4 Å². The van der Waals surface area contributed by atoms with E-state index in [0.29, 0.717) is 0 Å². The number of anilines is 1. The molecule has 1 N–H and O–H groups in total. The van der Waals surface area contributed by atoms with Crippen LogP contribution in [0.25, 0.3) is 11.1 Å². The summed E-state index contributed by atoms with van der Waals surface area (Å²) in [7, 11) is 1.74. The zero-order valence-corrected chi connectivity index (χ0v) is 18.8. The molecule has 5 heteroatoms. The number of methoxy groups -OCH3 is 1. The second kappa shape index (κ2) is 8.67. The van der Waals surface area contributed by atoms with Crippen LogP contribution in [0.2, 0.25) is 0 Å². The number of morpholine rings is 1. The second-order valence-electron chi connectivity index (χ2n) is 8.56. The molecule has 1 saturated heterocycles. The molecule has 0 saturated carbocycles. The molecule has 0 spiro atoms. The Bertz CT molecular complexity index is 1090. The van der Waals surface area contributed by atoms with Crippen LogP contribution in [-0.4, -0.2) is 43.4 Å². The van der Waals surface area contributed by atoms with E-state index in [4.69, 9.17) is 14.5 Å². The Kier molecular flexibility index (Phi) is 5.58. The van der Waals surface area contributed by atoms with Crippen LogP contribution in [-0.2, 0) is 9.47 Å². The number of allylic oxidation sites excluding steroid dienone is 3. The number of nitrogens with one attached hydrogen (secondary N) is 1. The van der Waals surface area contributed by atoms with Gasteiger partial charge in [0.25, 0.3) is 0 Å². The van der Waals surface area contributed by atoms with Crippen LogP contribution in [0.3, 0.4) is 0 Å². The van der Waals surface area contributed by atoms with E-state index < -0.39 is 0 Å². The number of ether oxygens (including phenoxy) is 2. The van der Waals surface area contributed by atoms with Crippen molar-refractivity contribution in [2.45, 2.75) is 32.1 Å². The molecule has 1 aromatic heterocycles. The fourth-order valence-electron chi connectivity index (χ4n) is 4.82. The third-order valence-electron chi connectivity index (χ3n) is 6.19. The molecular weight excluding hydrogens is 398 g/mol. The molecule has 0 bridgehead atoms. The van der Waals surface area contributed by atoms with Crippen LogP contribution in [0.5, 0.6) is 0 Å². The standard InChI is InChI=1S/C27H29N3O2/c1-18-16-30(17-19(2)32-18)25-13-12-21(14-28-25)24-15-29-26-22(20-8-5-4-6-9-20)10-7-11-23(26)27(24)31-3/h4-15,18-19,26,29H,16-17H2,1-3H3. The van der Waals surface area contributed by atoms with Gasteiger partial charge in [-0.05, 0) is 37.1 Å². The van der Waals surface area contributed by atoms with Crippen molar-refractivity contribution in [1.29, 1.82) is 0 Å². The van der Waals surface area contributed by atoms with E-state index in [1.54, 1.807) is 7.11 Å². The molecule has 5 rings (SSSR count). The average Bonchev–Trinajstić information content (AvgIpc) is 2.83. The van der Waals surface area contributed by atoms with E-state index in [1.807, 2.05) is 12.3 Å². The minimum absolute atomic E-state index is 0.0599. The minimum atomic E-state index is 0.0599. The number of aromatic nitrogens is 1. The maximum atomic E-state index is 5.92. The summed E-state index contributed by atoms with van der Waals surface area (Å²) < 4.78 is 11.8. The highest BCUT2D eigenvalue weighted by atomic mass is 16.5. The first-order valence-electron chi connectivity index (χ1n) is 11.2. The zero-order chi connectivity index (χ0) is 22.1. The smallest absolute Gasteiger partial charge is 0.133 e. The van der Waals surface area contributed by atoms with E-state index in [9.17, 15) is 0 Å². The third-order valence-corrected chi connectivity index (χ3v) is 6.19. The predicted octanol–water partition coefficient (Wildman–Crippen LogP) is 4.56. The zero-order valence-electron chi connectivity index (χ0n) is 18.8. The number of hydrogen-bond donors (Lipinski definition) is 1. The van der Waals surface area contributed by atoms with Gasteiger partial charge in [0.2, 0.25) is 0 Å². The van der Waals surface area contributed by atoms with E-state index in [1.165, 1.54) is 11.1 Å². The van der Waals surface area contributed by atoms with Crippen molar-refractivity contribution >= 4 is 17.0 Å². The molecule has 1 aliphatic carbocycles. The Morgan fingerprint density at radius 3 is 2.50 bits per heavy atom. The maximum absolute atomic E-state index is 5.92. The highest BCUT2D eigenvalue weighted by Gasteiger charge is 2.29. The van der Waals surface area contributed by atoms with Crippen LogP contribution in [0.1, 0.15) is 25.0 Å². The number of rotatable bonds is 4. The molecule has 0 radical (unpaired) electrons.